The zero-order valence-corrected chi connectivity index (χ0v) is 15.4. The number of rotatable bonds is 7. The van der Waals surface area contributed by atoms with Crippen LogP contribution in [0, 0.1) is 18.6 Å². The molecule has 0 spiro atoms. The van der Waals surface area contributed by atoms with Crippen LogP contribution in [0.2, 0.25) is 0 Å². The Morgan fingerprint density at radius 3 is 2.41 bits per heavy atom. The fraction of sp³-hybridized carbons (Fsp3) is 0.222. The van der Waals surface area contributed by atoms with Crippen LogP contribution in [-0.2, 0) is 14.8 Å². The normalized spacial score (nSPS) is 11.3. The molecular weight excluding hydrogens is 380 g/mol. The molecule has 0 amide bonds. The summed E-state index contributed by atoms with van der Waals surface area (Å²) in [4.78, 5) is 24.1. The number of nitrogens with one attached hydrogen (secondary N) is 1. The van der Waals surface area contributed by atoms with Crippen molar-refractivity contribution in [3.63, 3.8) is 0 Å². The maximum absolute atomic E-state index is 13.2. The Labute approximate surface area is 155 Å². The minimum Gasteiger partial charge on any atom is -0.454 e. The van der Waals surface area contributed by atoms with Gasteiger partial charge in [-0.25, -0.2) is 26.7 Å². The van der Waals surface area contributed by atoms with Crippen molar-refractivity contribution < 1.29 is 31.5 Å². The lowest BCUT2D eigenvalue weighted by atomic mass is 10.1. The number of aryl methyl sites for hydroxylation is 1. The maximum atomic E-state index is 13.2. The fourth-order valence-corrected chi connectivity index (χ4v) is 3.29. The summed E-state index contributed by atoms with van der Waals surface area (Å²) in [6.45, 7) is 2.68. The molecule has 0 radical (unpaired) electrons. The Balaban J connectivity index is 2.16. The molecule has 9 heteroatoms. The summed E-state index contributed by atoms with van der Waals surface area (Å²) < 4.78 is 57.4. The zero-order chi connectivity index (χ0) is 20.2. The van der Waals surface area contributed by atoms with Crippen LogP contribution >= 0.6 is 0 Å². The first kappa shape index (κ1) is 20.7. The second-order valence-electron chi connectivity index (χ2n) is 5.61. The minimum absolute atomic E-state index is 0.0212. The second-order valence-corrected chi connectivity index (χ2v) is 7.37. The summed E-state index contributed by atoms with van der Waals surface area (Å²) in [7, 11) is -3.77. The molecule has 2 aromatic rings. The second kappa shape index (κ2) is 8.36. The number of ether oxygens (including phenoxy) is 1. The SMILES string of the molecule is CCNS(=O)(=O)c1ccc(C)c(C(=O)OCC(=O)c2ccc(F)c(F)c2)c1. The number of carbonyl (C=O) groups excluding carboxylic acids is 2. The largest absolute Gasteiger partial charge is 0.454 e. The van der Waals surface area contributed by atoms with Crippen molar-refractivity contribution in [2.75, 3.05) is 13.2 Å². The van der Waals surface area contributed by atoms with E-state index in [1.54, 1.807) is 13.8 Å². The van der Waals surface area contributed by atoms with E-state index in [0.29, 0.717) is 11.6 Å². The van der Waals surface area contributed by atoms with Crippen LogP contribution in [0.15, 0.2) is 41.3 Å². The summed E-state index contributed by atoms with van der Waals surface area (Å²) >= 11 is 0. The van der Waals surface area contributed by atoms with Gasteiger partial charge in [0.05, 0.1) is 10.5 Å². The van der Waals surface area contributed by atoms with E-state index in [9.17, 15) is 26.8 Å². The topological polar surface area (TPSA) is 89.5 Å². The third-order valence-corrected chi connectivity index (χ3v) is 5.19. The van der Waals surface area contributed by atoms with Gasteiger partial charge in [0.2, 0.25) is 10.0 Å². The molecule has 0 saturated heterocycles. The van der Waals surface area contributed by atoms with Gasteiger partial charge < -0.3 is 4.74 Å². The molecular formula is C18H17F2NO5S. The molecule has 0 fully saturated rings. The third kappa shape index (κ3) is 4.95. The van der Waals surface area contributed by atoms with Gasteiger partial charge in [-0.05, 0) is 42.8 Å². The van der Waals surface area contributed by atoms with Crippen molar-refractivity contribution in [3.05, 3.63) is 64.7 Å². The van der Waals surface area contributed by atoms with E-state index in [2.05, 4.69) is 4.72 Å². The van der Waals surface area contributed by atoms with E-state index in [1.165, 1.54) is 12.1 Å². The average molecular weight is 397 g/mol. The molecule has 2 rings (SSSR count). The van der Waals surface area contributed by atoms with Gasteiger partial charge in [-0.2, -0.15) is 0 Å². The molecule has 0 aliphatic heterocycles. The van der Waals surface area contributed by atoms with E-state index in [1.807, 2.05) is 0 Å². The molecule has 144 valence electrons. The quantitative estimate of drug-likeness (QED) is 0.573. The van der Waals surface area contributed by atoms with Crippen molar-refractivity contribution >= 4 is 21.8 Å². The zero-order valence-electron chi connectivity index (χ0n) is 14.6. The summed E-state index contributed by atoms with van der Waals surface area (Å²) in [5.41, 5.74) is 0.282. The van der Waals surface area contributed by atoms with Gasteiger partial charge in [0.15, 0.2) is 24.0 Å². The van der Waals surface area contributed by atoms with Crippen LogP contribution in [0.1, 0.15) is 33.2 Å². The summed E-state index contributed by atoms with van der Waals surface area (Å²) in [6, 6.07) is 6.51. The van der Waals surface area contributed by atoms with Crippen LogP contribution < -0.4 is 4.72 Å². The highest BCUT2D eigenvalue weighted by atomic mass is 32.2. The first-order chi connectivity index (χ1) is 12.7. The molecule has 0 unspecified atom stereocenters. The lowest BCUT2D eigenvalue weighted by Crippen LogP contribution is -2.23. The number of Topliss-reactive ketones (excluding diaryl/α,β-unsaturated/α-hetero) is 1. The number of ketones is 1. The van der Waals surface area contributed by atoms with Crippen LogP contribution in [0.4, 0.5) is 8.78 Å². The number of benzene rings is 2. The van der Waals surface area contributed by atoms with Gasteiger partial charge in [0, 0.05) is 12.1 Å². The summed E-state index contributed by atoms with van der Waals surface area (Å²) in [5, 5.41) is 0. The van der Waals surface area contributed by atoms with E-state index < -0.39 is 40.0 Å². The Bertz CT molecular complexity index is 989. The smallest absolute Gasteiger partial charge is 0.338 e. The molecule has 0 atom stereocenters. The first-order valence-corrected chi connectivity index (χ1v) is 9.39. The minimum atomic E-state index is -3.77. The highest BCUT2D eigenvalue weighted by Gasteiger charge is 2.19. The van der Waals surface area contributed by atoms with Crippen LogP contribution in [0.25, 0.3) is 0 Å². The van der Waals surface area contributed by atoms with Crippen molar-refractivity contribution in [1.82, 2.24) is 4.72 Å². The third-order valence-electron chi connectivity index (χ3n) is 3.65. The highest BCUT2D eigenvalue weighted by molar-refractivity contribution is 7.89. The summed E-state index contributed by atoms with van der Waals surface area (Å²) in [6.07, 6.45) is 0. The van der Waals surface area contributed by atoms with Crippen molar-refractivity contribution in [3.8, 4) is 0 Å². The Kier molecular flexibility index (Phi) is 6.40. The Hall–Kier alpha value is -2.65. The van der Waals surface area contributed by atoms with E-state index in [4.69, 9.17) is 4.74 Å². The van der Waals surface area contributed by atoms with Gasteiger partial charge in [0.25, 0.3) is 0 Å². The van der Waals surface area contributed by atoms with Gasteiger partial charge in [-0.15, -0.1) is 0 Å². The number of hydrogen-bond donors (Lipinski definition) is 1. The number of hydrogen-bond acceptors (Lipinski definition) is 5. The molecule has 0 aliphatic carbocycles. The van der Waals surface area contributed by atoms with Gasteiger partial charge in [-0.3, -0.25) is 4.79 Å². The highest BCUT2D eigenvalue weighted by Crippen LogP contribution is 2.17. The average Bonchev–Trinajstić information content (AvgIpc) is 2.61. The summed E-state index contributed by atoms with van der Waals surface area (Å²) in [5.74, 6) is -3.92. The number of esters is 1. The van der Waals surface area contributed by atoms with E-state index in [-0.39, 0.29) is 22.6 Å². The predicted molar refractivity (Wildman–Crippen MR) is 93.0 cm³/mol. The molecule has 6 nitrogen and oxygen atoms in total. The van der Waals surface area contributed by atoms with E-state index in [0.717, 1.165) is 18.2 Å². The standard InChI is InChI=1S/C18H17F2NO5S/c1-3-21-27(24,25)13-6-4-11(2)14(9-13)18(23)26-10-17(22)12-5-7-15(19)16(20)8-12/h4-9,21H,3,10H2,1-2H3. The van der Waals surface area contributed by atoms with Crippen LogP contribution in [-0.4, -0.2) is 33.3 Å². The molecule has 0 heterocycles. The number of carbonyl (C=O) groups is 2. The Morgan fingerprint density at radius 1 is 1.07 bits per heavy atom. The van der Waals surface area contributed by atoms with Crippen LogP contribution in [0.3, 0.4) is 0 Å². The van der Waals surface area contributed by atoms with Crippen LogP contribution in [0.5, 0.6) is 0 Å². The molecule has 1 N–H and O–H groups in total. The predicted octanol–water partition coefficient (Wildman–Crippen LogP) is 2.61. The number of halogens is 2. The lowest BCUT2D eigenvalue weighted by molar-refractivity contribution is 0.0473. The monoisotopic (exact) mass is 397 g/mol. The maximum Gasteiger partial charge on any atom is 0.338 e. The van der Waals surface area contributed by atoms with Crippen molar-refractivity contribution in [1.29, 1.82) is 0 Å². The molecule has 0 saturated carbocycles. The molecule has 2 aromatic carbocycles. The molecule has 0 bridgehead atoms. The fourth-order valence-electron chi connectivity index (χ4n) is 2.22. The van der Waals surface area contributed by atoms with Gasteiger partial charge in [0.1, 0.15) is 0 Å². The van der Waals surface area contributed by atoms with E-state index >= 15 is 0 Å². The molecule has 27 heavy (non-hydrogen) atoms. The Morgan fingerprint density at radius 2 is 1.78 bits per heavy atom. The molecule has 0 aromatic heterocycles. The lowest BCUT2D eigenvalue weighted by Gasteiger charge is -2.10. The number of sulfonamides is 1. The first-order valence-electron chi connectivity index (χ1n) is 7.91. The van der Waals surface area contributed by atoms with Gasteiger partial charge >= 0.3 is 5.97 Å². The van der Waals surface area contributed by atoms with Crippen molar-refractivity contribution in [2.24, 2.45) is 0 Å². The van der Waals surface area contributed by atoms with Crippen molar-refractivity contribution in [2.45, 2.75) is 18.7 Å². The van der Waals surface area contributed by atoms with Gasteiger partial charge in [-0.1, -0.05) is 13.0 Å². The molecule has 0 aliphatic rings.